The van der Waals surface area contributed by atoms with E-state index < -0.39 is 0 Å². The van der Waals surface area contributed by atoms with Crippen molar-refractivity contribution in [1.82, 2.24) is 15.0 Å². The Kier molecular flexibility index (Phi) is 5.07. The molecule has 0 N–H and O–H groups in total. The number of rotatable bonds is 6. The summed E-state index contributed by atoms with van der Waals surface area (Å²) < 4.78 is 15.4. The molecule has 106 valence electrons. The largest absolute Gasteiger partial charge is 0.380 e. The molecule has 1 atom stereocenters. The summed E-state index contributed by atoms with van der Waals surface area (Å²) in [5, 5.41) is 3.89. The zero-order valence-corrected chi connectivity index (χ0v) is 11.8. The van der Waals surface area contributed by atoms with E-state index in [4.69, 9.17) is 14.0 Å². The van der Waals surface area contributed by atoms with Gasteiger partial charge in [-0.15, -0.1) is 0 Å². The summed E-state index contributed by atoms with van der Waals surface area (Å²) >= 11 is 0. The summed E-state index contributed by atoms with van der Waals surface area (Å²) in [7, 11) is 3.35. The number of ether oxygens (including phenoxy) is 2. The van der Waals surface area contributed by atoms with Crippen LogP contribution >= 0.6 is 0 Å². The van der Waals surface area contributed by atoms with Crippen molar-refractivity contribution in [1.29, 1.82) is 0 Å². The molecule has 0 aromatic carbocycles. The predicted molar refractivity (Wildman–Crippen MR) is 69.6 cm³/mol. The Balaban J connectivity index is 1.94. The Morgan fingerprint density at radius 3 is 2.79 bits per heavy atom. The molecule has 0 spiro atoms. The fourth-order valence-corrected chi connectivity index (χ4v) is 2.18. The minimum Gasteiger partial charge on any atom is -0.380 e. The van der Waals surface area contributed by atoms with Crippen LogP contribution in [0.25, 0.3) is 0 Å². The third kappa shape index (κ3) is 3.62. The highest BCUT2D eigenvalue weighted by atomic mass is 16.5. The monoisotopic (exact) mass is 267 g/mol. The van der Waals surface area contributed by atoms with Gasteiger partial charge in [0.2, 0.25) is 5.89 Å². The van der Waals surface area contributed by atoms with Crippen LogP contribution in [0.4, 0.5) is 0 Å². The first-order chi connectivity index (χ1) is 9.24. The molecule has 19 heavy (non-hydrogen) atoms. The van der Waals surface area contributed by atoms with Crippen molar-refractivity contribution in [3.8, 4) is 0 Å². The SMILES string of the molecule is COCC1=CCN(C(C)c2nc(COC)no2)CC1. The molecule has 0 saturated carbocycles. The Hall–Kier alpha value is -1.24. The minimum absolute atomic E-state index is 0.124. The maximum Gasteiger partial charge on any atom is 0.243 e. The van der Waals surface area contributed by atoms with E-state index in [9.17, 15) is 0 Å². The van der Waals surface area contributed by atoms with Crippen molar-refractivity contribution in [2.45, 2.75) is 26.0 Å². The van der Waals surface area contributed by atoms with Gasteiger partial charge in [-0.3, -0.25) is 4.90 Å². The van der Waals surface area contributed by atoms with Gasteiger partial charge < -0.3 is 14.0 Å². The van der Waals surface area contributed by atoms with Gasteiger partial charge in [0.15, 0.2) is 5.82 Å². The fourth-order valence-electron chi connectivity index (χ4n) is 2.18. The minimum atomic E-state index is 0.124. The lowest BCUT2D eigenvalue weighted by Crippen LogP contribution is -2.32. The van der Waals surface area contributed by atoms with Gasteiger partial charge in [0.1, 0.15) is 6.61 Å². The van der Waals surface area contributed by atoms with Gasteiger partial charge in [-0.25, -0.2) is 0 Å². The van der Waals surface area contributed by atoms with Gasteiger partial charge >= 0.3 is 0 Å². The van der Waals surface area contributed by atoms with Crippen molar-refractivity contribution < 1.29 is 14.0 Å². The zero-order chi connectivity index (χ0) is 13.7. The quantitative estimate of drug-likeness (QED) is 0.729. The second-order valence-corrected chi connectivity index (χ2v) is 4.70. The maximum absolute atomic E-state index is 5.28. The molecule has 1 aromatic heterocycles. The van der Waals surface area contributed by atoms with Crippen LogP contribution in [0.15, 0.2) is 16.2 Å². The Bertz CT molecular complexity index is 431. The molecule has 0 bridgehead atoms. The van der Waals surface area contributed by atoms with Crippen molar-refractivity contribution in [2.24, 2.45) is 0 Å². The van der Waals surface area contributed by atoms with Crippen molar-refractivity contribution in [2.75, 3.05) is 33.9 Å². The molecule has 6 heteroatoms. The molecule has 0 saturated heterocycles. The third-order valence-corrected chi connectivity index (χ3v) is 3.33. The van der Waals surface area contributed by atoms with E-state index in [1.807, 2.05) is 0 Å². The highest BCUT2D eigenvalue weighted by Crippen LogP contribution is 2.22. The second kappa shape index (κ2) is 6.79. The molecule has 2 heterocycles. The van der Waals surface area contributed by atoms with E-state index in [1.165, 1.54) is 5.57 Å². The molecule has 6 nitrogen and oxygen atoms in total. The molecule has 1 aliphatic heterocycles. The van der Waals surface area contributed by atoms with Crippen molar-refractivity contribution in [3.05, 3.63) is 23.4 Å². The standard InChI is InChI=1S/C13H21N3O3/c1-10(13-14-12(9-18-3)15-19-13)16-6-4-11(5-7-16)8-17-2/h4,10H,5-9H2,1-3H3. The van der Waals surface area contributed by atoms with Gasteiger partial charge in [0, 0.05) is 27.3 Å². The van der Waals surface area contributed by atoms with E-state index in [-0.39, 0.29) is 6.04 Å². The van der Waals surface area contributed by atoms with Crippen LogP contribution in [0.5, 0.6) is 0 Å². The van der Waals surface area contributed by atoms with E-state index in [0.717, 1.165) is 26.1 Å². The number of hydrogen-bond donors (Lipinski definition) is 0. The maximum atomic E-state index is 5.28. The molecule has 0 amide bonds. The van der Waals surface area contributed by atoms with Crippen molar-refractivity contribution in [3.63, 3.8) is 0 Å². The van der Waals surface area contributed by atoms with Gasteiger partial charge in [-0.2, -0.15) is 4.98 Å². The zero-order valence-electron chi connectivity index (χ0n) is 11.8. The number of methoxy groups -OCH3 is 2. The van der Waals surface area contributed by atoms with Gasteiger partial charge in [0.05, 0.1) is 12.6 Å². The first-order valence-corrected chi connectivity index (χ1v) is 6.47. The van der Waals surface area contributed by atoms with Crippen LogP contribution in [0.3, 0.4) is 0 Å². The van der Waals surface area contributed by atoms with Gasteiger partial charge in [-0.1, -0.05) is 11.2 Å². The van der Waals surface area contributed by atoms with Crippen LogP contribution in [0.1, 0.15) is 31.1 Å². The number of hydrogen-bond acceptors (Lipinski definition) is 6. The Morgan fingerprint density at radius 1 is 1.37 bits per heavy atom. The number of aromatic nitrogens is 2. The average Bonchev–Trinajstić information content (AvgIpc) is 2.88. The van der Waals surface area contributed by atoms with E-state index in [1.54, 1.807) is 14.2 Å². The Labute approximate surface area is 113 Å². The predicted octanol–water partition coefficient (Wildman–Crippen LogP) is 1.56. The molecule has 2 rings (SSSR count). The third-order valence-electron chi connectivity index (χ3n) is 3.33. The van der Waals surface area contributed by atoms with Crippen LogP contribution in [-0.4, -0.2) is 49.0 Å². The molecule has 0 radical (unpaired) electrons. The first kappa shape index (κ1) is 14.2. The van der Waals surface area contributed by atoms with E-state index in [2.05, 4.69) is 28.0 Å². The number of nitrogens with zero attached hydrogens (tertiary/aromatic N) is 3. The summed E-state index contributed by atoms with van der Waals surface area (Å²) in [6.45, 7) is 5.06. The first-order valence-electron chi connectivity index (χ1n) is 6.47. The molecular formula is C13H21N3O3. The summed E-state index contributed by atoms with van der Waals surface area (Å²) in [5.74, 6) is 1.24. The van der Waals surface area contributed by atoms with Crippen LogP contribution in [0, 0.1) is 0 Å². The van der Waals surface area contributed by atoms with E-state index >= 15 is 0 Å². The summed E-state index contributed by atoms with van der Waals surface area (Å²) in [4.78, 5) is 6.65. The van der Waals surface area contributed by atoms with Gasteiger partial charge in [0.25, 0.3) is 0 Å². The van der Waals surface area contributed by atoms with E-state index in [0.29, 0.717) is 18.3 Å². The summed E-state index contributed by atoms with van der Waals surface area (Å²) in [6.07, 6.45) is 3.24. The average molecular weight is 267 g/mol. The lowest BCUT2D eigenvalue weighted by atomic mass is 10.1. The van der Waals surface area contributed by atoms with Crippen LogP contribution in [-0.2, 0) is 16.1 Å². The fraction of sp³-hybridized carbons (Fsp3) is 0.692. The molecule has 0 fully saturated rings. The lowest BCUT2D eigenvalue weighted by Gasteiger charge is -2.29. The highest BCUT2D eigenvalue weighted by molar-refractivity contribution is 5.09. The van der Waals surface area contributed by atoms with Crippen molar-refractivity contribution >= 4 is 0 Å². The van der Waals surface area contributed by atoms with Gasteiger partial charge in [-0.05, 0) is 18.9 Å². The smallest absolute Gasteiger partial charge is 0.243 e. The molecular weight excluding hydrogens is 246 g/mol. The molecule has 0 aliphatic carbocycles. The van der Waals surface area contributed by atoms with Crippen LogP contribution in [0.2, 0.25) is 0 Å². The normalized spacial score (nSPS) is 18.4. The molecule has 1 unspecified atom stereocenters. The molecule has 1 aromatic rings. The highest BCUT2D eigenvalue weighted by Gasteiger charge is 2.23. The lowest BCUT2D eigenvalue weighted by molar-refractivity contribution is 0.169. The summed E-state index contributed by atoms with van der Waals surface area (Å²) in [5.41, 5.74) is 1.36. The van der Waals surface area contributed by atoms with Crippen LogP contribution < -0.4 is 0 Å². The second-order valence-electron chi connectivity index (χ2n) is 4.70. The molecule has 1 aliphatic rings. The Morgan fingerprint density at radius 2 is 2.16 bits per heavy atom. The topological polar surface area (TPSA) is 60.6 Å². The summed E-state index contributed by atoms with van der Waals surface area (Å²) in [6, 6.07) is 0.124.